The Hall–Kier alpha value is -1.26. The highest BCUT2D eigenvalue weighted by Crippen LogP contribution is 2.24. The maximum atomic E-state index is 5.60. The minimum absolute atomic E-state index is 0.0703. The molecule has 4 heteroatoms. The Morgan fingerprint density at radius 3 is 2.53 bits per heavy atom. The van der Waals surface area contributed by atoms with Crippen molar-refractivity contribution < 1.29 is 9.47 Å². The molecule has 0 spiro atoms. The largest absolute Gasteiger partial charge is 0.497 e. The molecule has 0 radical (unpaired) electrons. The fourth-order valence-corrected chi connectivity index (χ4v) is 2.06. The van der Waals surface area contributed by atoms with Crippen molar-refractivity contribution in [2.75, 3.05) is 27.3 Å². The number of benzene rings is 1. The average Bonchev–Trinajstić information content (AvgIpc) is 2.38. The van der Waals surface area contributed by atoms with E-state index in [4.69, 9.17) is 15.2 Å². The van der Waals surface area contributed by atoms with E-state index >= 15 is 0 Å². The molecule has 0 bridgehead atoms. The molecule has 0 unspecified atom stereocenters. The van der Waals surface area contributed by atoms with Crippen molar-refractivity contribution in [1.29, 1.82) is 0 Å². The van der Waals surface area contributed by atoms with Gasteiger partial charge in [-0.25, -0.2) is 0 Å². The van der Waals surface area contributed by atoms with Crippen molar-refractivity contribution in [1.82, 2.24) is 5.32 Å². The Kier molecular flexibility index (Phi) is 6.12. The molecule has 0 aromatic heterocycles. The van der Waals surface area contributed by atoms with E-state index in [1.807, 2.05) is 18.2 Å². The van der Waals surface area contributed by atoms with Gasteiger partial charge in [0.2, 0.25) is 0 Å². The molecule has 0 saturated heterocycles. The van der Waals surface area contributed by atoms with Crippen molar-refractivity contribution >= 4 is 0 Å². The van der Waals surface area contributed by atoms with Crippen molar-refractivity contribution in [2.24, 2.45) is 5.73 Å². The molecule has 0 aliphatic heterocycles. The second kappa shape index (κ2) is 7.36. The molecule has 1 aromatic carbocycles. The smallest absolute Gasteiger partial charge is 0.122 e. The molecule has 0 atom stereocenters. The van der Waals surface area contributed by atoms with Gasteiger partial charge in [0, 0.05) is 5.54 Å². The van der Waals surface area contributed by atoms with Gasteiger partial charge in [0.1, 0.15) is 11.5 Å². The van der Waals surface area contributed by atoms with E-state index in [0.29, 0.717) is 6.54 Å². The summed E-state index contributed by atoms with van der Waals surface area (Å²) in [4.78, 5) is 0. The number of rotatable bonds is 8. The maximum absolute atomic E-state index is 5.60. The molecule has 1 aromatic rings. The molecule has 1 rings (SSSR count). The minimum Gasteiger partial charge on any atom is -0.497 e. The Labute approximate surface area is 116 Å². The standard InChI is InChI=1S/C15H26N2O2/c1-15(2,8-9-16)17-10-7-12-11-13(18-3)5-6-14(12)19-4/h5-6,11,17H,7-10,16H2,1-4H3. The fourth-order valence-electron chi connectivity index (χ4n) is 2.06. The van der Waals surface area contributed by atoms with E-state index in [1.165, 1.54) is 0 Å². The van der Waals surface area contributed by atoms with E-state index in [0.717, 1.165) is 36.4 Å². The zero-order valence-electron chi connectivity index (χ0n) is 12.5. The van der Waals surface area contributed by atoms with Gasteiger partial charge in [-0.3, -0.25) is 0 Å². The second-order valence-electron chi connectivity index (χ2n) is 5.28. The van der Waals surface area contributed by atoms with E-state index < -0.39 is 0 Å². The molecule has 4 nitrogen and oxygen atoms in total. The molecular weight excluding hydrogens is 240 g/mol. The van der Waals surface area contributed by atoms with Gasteiger partial charge in [0.05, 0.1) is 14.2 Å². The highest BCUT2D eigenvalue weighted by atomic mass is 16.5. The van der Waals surface area contributed by atoms with Gasteiger partial charge in [-0.15, -0.1) is 0 Å². The summed E-state index contributed by atoms with van der Waals surface area (Å²) in [6, 6.07) is 5.88. The first-order valence-electron chi connectivity index (χ1n) is 6.68. The molecular formula is C15H26N2O2. The van der Waals surface area contributed by atoms with E-state index in [2.05, 4.69) is 19.2 Å². The number of hydrogen-bond acceptors (Lipinski definition) is 4. The summed E-state index contributed by atoms with van der Waals surface area (Å²) < 4.78 is 10.6. The van der Waals surface area contributed by atoms with E-state index in [9.17, 15) is 0 Å². The Bertz CT molecular complexity index is 392. The lowest BCUT2D eigenvalue weighted by molar-refractivity contribution is 0.366. The lowest BCUT2D eigenvalue weighted by atomic mass is 10.0. The van der Waals surface area contributed by atoms with Gasteiger partial charge in [0.25, 0.3) is 0 Å². The number of nitrogens with one attached hydrogen (secondary N) is 1. The van der Waals surface area contributed by atoms with Crippen molar-refractivity contribution in [3.05, 3.63) is 23.8 Å². The number of methoxy groups -OCH3 is 2. The lowest BCUT2D eigenvalue weighted by Crippen LogP contribution is -2.42. The van der Waals surface area contributed by atoms with Crippen LogP contribution < -0.4 is 20.5 Å². The van der Waals surface area contributed by atoms with Crippen LogP contribution in [0.25, 0.3) is 0 Å². The zero-order valence-corrected chi connectivity index (χ0v) is 12.5. The number of nitrogens with two attached hydrogens (primary N) is 1. The normalized spacial score (nSPS) is 11.4. The first-order valence-corrected chi connectivity index (χ1v) is 6.68. The fraction of sp³-hybridized carbons (Fsp3) is 0.600. The van der Waals surface area contributed by atoms with Gasteiger partial charge in [-0.1, -0.05) is 0 Å². The molecule has 0 aliphatic carbocycles. The number of hydrogen-bond donors (Lipinski definition) is 2. The van der Waals surface area contributed by atoms with Crippen LogP contribution in [-0.2, 0) is 6.42 Å². The highest BCUT2D eigenvalue weighted by molar-refractivity contribution is 5.40. The Morgan fingerprint density at radius 2 is 1.95 bits per heavy atom. The van der Waals surface area contributed by atoms with Gasteiger partial charge < -0.3 is 20.5 Å². The quantitative estimate of drug-likeness (QED) is 0.755. The van der Waals surface area contributed by atoms with Crippen LogP contribution in [-0.4, -0.2) is 32.8 Å². The molecule has 0 saturated carbocycles. The SMILES string of the molecule is COc1ccc(OC)c(CCNC(C)(C)CCN)c1. The van der Waals surface area contributed by atoms with Crippen LogP contribution in [0.4, 0.5) is 0 Å². The number of ether oxygens (including phenoxy) is 2. The van der Waals surface area contributed by atoms with Gasteiger partial charge in [-0.05, 0) is 63.5 Å². The first kappa shape index (κ1) is 15.8. The predicted octanol–water partition coefficient (Wildman–Crippen LogP) is 1.96. The van der Waals surface area contributed by atoms with Crippen LogP contribution in [0.2, 0.25) is 0 Å². The Balaban J connectivity index is 2.61. The molecule has 0 amide bonds. The molecule has 108 valence electrons. The third-order valence-corrected chi connectivity index (χ3v) is 3.25. The molecule has 0 fully saturated rings. The van der Waals surface area contributed by atoms with Crippen molar-refractivity contribution in [3.8, 4) is 11.5 Å². The zero-order chi connectivity index (χ0) is 14.3. The summed E-state index contributed by atoms with van der Waals surface area (Å²) in [6.07, 6.45) is 1.86. The van der Waals surface area contributed by atoms with Crippen LogP contribution in [0, 0.1) is 0 Å². The predicted molar refractivity (Wildman–Crippen MR) is 79.0 cm³/mol. The third-order valence-electron chi connectivity index (χ3n) is 3.25. The van der Waals surface area contributed by atoms with Crippen LogP contribution in [0.5, 0.6) is 11.5 Å². The monoisotopic (exact) mass is 266 g/mol. The summed E-state index contributed by atoms with van der Waals surface area (Å²) in [5.41, 5.74) is 6.83. The highest BCUT2D eigenvalue weighted by Gasteiger charge is 2.15. The van der Waals surface area contributed by atoms with Crippen molar-refractivity contribution in [3.63, 3.8) is 0 Å². The van der Waals surface area contributed by atoms with Gasteiger partial charge >= 0.3 is 0 Å². The van der Waals surface area contributed by atoms with Crippen LogP contribution in [0.15, 0.2) is 18.2 Å². The van der Waals surface area contributed by atoms with Crippen molar-refractivity contribution in [2.45, 2.75) is 32.2 Å². The summed E-state index contributed by atoms with van der Waals surface area (Å²) in [6.45, 7) is 5.92. The second-order valence-corrected chi connectivity index (χ2v) is 5.28. The van der Waals surface area contributed by atoms with Gasteiger partial charge in [0.15, 0.2) is 0 Å². The molecule has 0 heterocycles. The maximum Gasteiger partial charge on any atom is 0.122 e. The topological polar surface area (TPSA) is 56.5 Å². The van der Waals surface area contributed by atoms with Crippen LogP contribution in [0.1, 0.15) is 25.8 Å². The minimum atomic E-state index is 0.0703. The molecule has 3 N–H and O–H groups in total. The van der Waals surface area contributed by atoms with Crippen LogP contribution >= 0.6 is 0 Å². The third kappa shape index (κ3) is 5.09. The summed E-state index contributed by atoms with van der Waals surface area (Å²) in [7, 11) is 3.37. The average molecular weight is 266 g/mol. The lowest BCUT2D eigenvalue weighted by Gasteiger charge is -2.26. The van der Waals surface area contributed by atoms with E-state index in [-0.39, 0.29) is 5.54 Å². The Morgan fingerprint density at radius 1 is 1.21 bits per heavy atom. The molecule has 0 aliphatic rings. The summed E-state index contributed by atoms with van der Waals surface area (Å²) in [5.74, 6) is 1.76. The van der Waals surface area contributed by atoms with Crippen LogP contribution in [0.3, 0.4) is 0 Å². The summed E-state index contributed by atoms with van der Waals surface area (Å²) in [5, 5.41) is 3.52. The van der Waals surface area contributed by atoms with Gasteiger partial charge in [-0.2, -0.15) is 0 Å². The first-order chi connectivity index (χ1) is 9.02. The van der Waals surface area contributed by atoms with E-state index in [1.54, 1.807) is 14.2 Å². The summed E-state index contributed by atoms with van der Waals surface area (Å²) >= 11 is 0. The molecule has 19 heavy (non-hydrogen) atoms.